The quantitative estimate of drug-likeness (QED) is 0.774. The summed E-state index contributed by atoms with van der Waals surface area (Å²) in [6.07, 6.45) is 6.82. The lowest BCUT2D eigenvalue weighted by Crippen LogP contribution is -2.17. The van der Waals surface area contributed by atoms with Crippen LogP contribution >= 0.6 is 0 Å². The van der Waals surface area contributed by atoms with Gasteiger partial charge in [-0.15, -0.1) is 0 Å². The highest BCUT2D eigenvalue weighted by molar-refractivity contribution is 5.36. The number of aromatic nitrogens is 4. The summed E-state index contributed by atoms with van der Waals surface area (Å²) < 4.78 is 1.76. The molecule has 0 N–H and O–H groups in total. The molecule has 0 fully saturated rings. The van der Waals surface area contributed by atoms with Gasteiger partial charge < -0.3 is 4.90 Å². The molecule has 0 aromatic carbocycles. The molecule has 0 atom stereocenters. The van der Waals surface area contributed by atoms with E-state index in [0.29, 0.717) is 12.2 Å². The molecule has 0 radical (unpaired) electrons. The van der Waals surface area contributed by atoms with Crippen LogP contribution in [0.1, 0.15) is 11.3 Å². The molecule has 0 saturated heterocycles. The van der Waals surface area contributed by atoms with Gasteiger partial charge in [0, 0.05) is 32.4 Å². The van der Waals surface area contributed by atoms with E-state index in [1.807, 2.05) is 37.5 Å². The molecule has 2 rings (SSSR count). The Balaban J connectivity index is 2.09. The summed E-state index contributed by atoms with van der Waals surface area (Å²) in [5.41, 5.74) is 1.42. The maximum absolute atomic E-state index is 8.63. The minimum absolute atomic E-state index is 0.323. The van der Waals surface area contributed by atoms with E-state index in [1.165, 1.54) is 6.20 Å². The van der Waals surface area contributed by atoms with Crippen LogP contribution < -0.4 is 4.90 Å². The van der Waals surface area contributed by atoms with E-state index < -0.39 is 0 Å². The van der Waals surface area contributed by atoms with Crippen molar-refractivity contribution >= 4 is 5.82 Å². The van der Waals surface area contributed by atoms with Crippen molar-refractivity contribution in [2.24, 2.45) is 7.05 Å². The van der Waals surface area contributed by atoms with E-state index in [1.54, 1.807) is 10.9 Å². The summed E-state index contributed by atoms with van der Waals surface area (Å²) in [4.78, 5) is 10.1. The second-order valence-corrected chi connectivity index (χ2v) is 3.75. The van der Waals surface area contributed by atoms with Crippen molar-refractivity contribution in [3.05, 3.63) is 36.0 Å². The van der Waals surface area contributed by atoms with E-state index in [9.17, 15) is 0 Å². The van der Waals surface area contributed by atoms with Crippen molar-refractivity contribution in [1.82, 2.24) is 19.7 Å². The maximum atomic E-state index is 8.63. The summed E-state index contributed by atoms with van der Waals surface area (Å²) in [5.74, 6) is 0.729. The van der Waals surface area contributed by atoms with Gasteiger partial charge in [0.1, 0.15) is 11.9 Å². The Labute approximate surface area is 99.1 Å². The molecule has 6 heteroatoms. The summed E-state index contributed by atoms with van der Waals surface area (Å²) in [7, 11) is 3.80. The molecule has 6 nitrogen and oxygen atoms in total. The molecule has 0 saturated carbocycles. The first-order chi connectivity index (χ1) is 8.19. The van der Waals surface area contributed by atoms with Crippen LogP contribution in [0.3, 0.4) is 0 Å². The van der Waals surface area contributed by atoms with E-state index >= 15 is 0 Å². The van der Waals surface area contributed by atoms with Gasteiger partial charge >= 0.3 is 0 Å². The number of nitrogens with zero attached hydrogens (tertiary/aromatic N) is 6. The van der Waals surface area contributed by atoms with Gasteiger partial charge in [-0.2, -0.15) is 10.4 Å². The fourth-order valence-electron chi connectivity index (χ4n) is 1.48. The number of nitriles is 1. The third-order valence-electron chi connectivity index (χ3n) is 2.32. The second-order valence-electron chi connectivity index (χ2n) is 3.75. The minimum Gasteiger partial charge on any atom is -0.354 e. The van der Waals surface area contributed by atoms with E-state index in [4.69, 9.17) is 5.26 Å². The summed E-state index contributed by atoms with van der Waals surface area (Å²) >= 11 is 0. The normalized spacial score (nSPS) is 9.94. The van der Waals surface area contributed by atoms with Gasteiger partial charge in [-0.25, -0.2) is 9.97 Å². The SMILES string of the molecule is CN(Cc1cnn(C)c1)c1cnc(C#N)cn1. The third kappa shape index (κ3) is 2.58. The molecule has 0 aliphatic rings. The van der Waals surface area contributed by atoms with Crippen LogP contribution in [0.25, 0.3) is 0 Å². The van der Waals surface area contributed by atoms with E-state index in [2.05, 4.69) is 15.1 Å². The maximum Gasteiger partial charge on any atom is 0.158 e. The molecule has 0 bridgehead atoms. The molecular weight excluding hydrogens is 216 g/mol. The van der Waals surface area contributed by atoms with Crippen molar-refractivity contribution in [3.63, 3.8) is 0 Å². The molecule has 0 unspecified atom stereocenters. The van der Waals surface area contributed by atoms with Crippen molar-refractivity contribution in [2.75, 3.05) is 11.9 Å². The van der Waals surface area contributed by atoms with Gasteiger partial charge in [0.15, 0.2) is 5.69 Å². The molecule has 0 spiro atoms. The van der Waals surface area contributed by atoms with Gasteiger partial charge in [-0.3, -0.25) is 4.68 Å². The van der Waals surface area contributed by atoms with Gasteiger partial charge in [0.25, 0.3) is 0 Å². The average molecular weight is 228 g/mol. The van der Waals surface area contributed by atoms with Crippen LogP contribution in [0.4, 0.5) is 5.82 Å². The number of rotatable bonds is 3. The summed E-state index contributed by atoms with van der Waals surface area (Å²) in [5, 5.41) is 12.7. The lowest BCUT2D eigenvalue weighted by Gasteiger charge is -2.16. The Kier molecular flexibility index (Phi) is 3.01. The lowest BCUT2D eigenvalue weighted by atomic mass is 10.3. The highest BCUT2D eigenvalue weighted by atomic mass is 15.2. The monoisotopic (exact) mass is 228 g/mol. The van der Waals surface area contributed by atoms with Crippen LogP contribution in [0.5, 0.6) is 0 Å². The summed E-state index contributed by atoms with van der Waals surface area (Å²) in [6.45, 7) is 0.703. The molecule has 0 aliphatic carbocycles. The van der Waals surface area contributed by atoms with Gasteiger partial charge in [-0.05, 0) is 0 Å². The number of aryl methyl sites for hydroxylation is 1. The molecule has 0 aliphatic heterocycles. The highest BCUT2D eigenvalue weighted by Gasteiger charge is 2.05. The Morgan fingerprint density at radius 3 is 2.71 bits per heavy atom. The molecule has 2 heterocycles. The second kappa shape index (κ2) is 4.61. The van der Waals surface area contributed by atoms with Gasteiger partial charge in [0.05, 0.1) is 18.6 Å². The van der Waals surface area contributed by atoms with Crippen molar-refractivity contribution in [3.8, 4) is 6.07 Å². The predicted octanol–water partition coefficient (Wildman–Crippen LogP) is 0.718. The largest absolute Gasteiger partial charge is 0.354 e. The van der Waals surface area contributed by atoms with E-state index in [-0.39, 0.29) is 0 Å². The summed E-state index contributed by atoms with van der Waals surface area (Å²) in [6, 6.07) is 1.94. The Hall–Kier alpha value is -2.42. The molecule has 0 amide bonds. The smallest absolute Gasteiger partial charge is 0.158 e. The predicted molar refractivity (Wildman–Crippen MR) is 62.1 cm³/mol. The number of hydrogen-bond donors (Lipinski definition) is 0. The zero-order valence-corrected chi connectivity index (χ0v) is 9.70. The minimum atomic E-state index is 0.323. The Morgan fingerprint density at radius 2 is 2.18 bits per heavy atom. The van der Waals surface area contributed by atoms with Crippen molar-refractivity contribution < 1.29 is 0 Å². The number of hydrogen-bond acceptors (Lipinski definition) is 5. The number of anilines is 1. The van der Waals surface area contributed by atoms with Gasteiger partial charge in [-0.1, -0.05) is 0 Å². The standard InChI is InChI=1S/C11H12N6/c1-16(7-9-4-15-17(2)8-9)11-6-13-10(3-12)5-14-11/h4-6,8H,7H2,1-2H3. The van der Waals surface area contributed by atoms with Crippen LogP contribution in [0.2, 0.25) is 0 Å². The highest BCUT2D eigenvalue weighted by Crippen LogP contribution is 2.10. The Bertz CT molecular complexity index is 536. The molecule has 2 aromatic heterocycles. The van der Waals surface area contributed by atoms with Crippen molar-refractivity contribution in [2.45, 2.75) is 6.54 Å². The molecular formula is C11H12N6. The third-order valence-corrected chi connectivity index (χ3v) is 2.32. The fraction of sp³-hybridized carbons (Fsp3) is 0.273. The van der Waals surface area contributed by atoms with Crippen LogP contribution in [0.15, 0.2) is 24.8 Å². The zero-order valence-electron chi connectivity index (χ0n) is 9.70. The topological polar surface area (TPSA) is 70.6 Å². The van der Waals surface area contributed by atoms with Crippen molar-refractivity contribution in [1.29, 1.82) is 5.26 Å². The van der Waals surface area contributed by atoms with Crippen LogP contribution in [-0.2, 0) is 13.6 Å². The molecule has 2 aromatic rings. The van der Waals surface area contributed by atoms with Gasteiger partial charge in [0.2, 0.25) is 0 Å². The van der Waals surface area contributed by atoms with Crippen LogP contribution in [-0.4, -0.2) is 26.8 Å². The zero-order chi connectivity index (χ0) is 12.3. The van der Waals surface area contributed by atoms with E-state index in [0.717, 1.165) is 11.4 Å². The molecule has 17 heavy (non-hydrogen) atoms. The first-order valence-corrected chi connectivity index (χ1v) is 5.10. The average Bonchev–Trinajstić information content (AvgIpc) is 2.75. The van der Waals surface area contributed by atoms with Crippen LogP contribution in [0, 0.1) is 11.3 Å². The fourth-order valence-corrected chi connectivity index (χ4v) is 1.48. The first kappa shape index (κ1) is 11.1. The lowest BCUT2D eigenvalue weighted by molar-refractivity contribution is 0.766. The first-order valence-electron chi connectivity index (χ1n) is 5.10. The Morgan fingerprint density at radius 1 is 1.35 bits per heavy atom. The molecule has 86 valence electrons.